The van der Waals surface area contributed by atoms with Crippen molar-refractivity contribution in [3.05, 3.63) is 17.6 Å². The third-order valence-electron chi connectivity index (χ3n) is 7.48. The largest absolute Gasteiger partial charge is 0.380 e. The Labute approximate surface area is 199 Å². The molecule has 2 aliphatic heterocycles. The van der Waals surface area contributed by atoms with Gasteiger partial charge in [0.15, 0.2) is 0 Å². The Morgan fingerprint density at radius 3 is 2.48 bits per heavy atom. The number of ether oxygens (including phenoxy) is 1. The summed E-state index contributed by atoms with van der Waals surface area (Å²) in [5.41, 5.74) is 1.08. The van der Waals surface area contributed by atoms with Gasteiger partial charge in [-0.3, -0.25) is 4.79 Å². The normalized spacial score (nSPS) is 25.4. The Morgan fingerprint density at radius 1 is 1.09 bits per heavy atom. The van der Waals surface area contributed by atoms with Crippen molar-refractivity contribution in [2.75, 3.05) is 50.8 Å². The number of nitrogens with one attached hydrogen (secondary N) is 1. The molecule has 0 unspecified atom stereocenters. The highest BCUT2D eigenvalue weighted by Crippen LogP contribution is 2.30. The van der Waals surface area contributed by atoms with E-state index in [4.69, 9.17) is 14.7 Å². The number of hydrogen-bond donors (Lipinski definition) is 1. The molecule has 2 saturated heterocycles. The summed E-state index contributed by atoms with van der Waals surface area (Å²) in [6, 6.07) is 2.61. The Hall–Kier alpha value is -1.73. The number of rotatable bonds is 6. The molecule has 7 heteroatoms. The number of carbonyl (C=O) groups is 1. The molecule has 1 aromatic rings. The lowest BCUT2D eigenvalue weighted by Gasteiger charge is -2.31. The second-order valence-corrected chi connectivity index (χ2v) is 11.3. The van der Waals surface area contributed by atoms with Crippen LogP contribution in [0.1, 0.15) is 83.7 Å². The molecule has 4 rings (SSSR count). The average Bonchev–Trinajstić information content (AvgIpc) is 2.96. The van der Waals surface area contributed by atoms with Gasteiger partial charge in [0.1, 0.15) is 11.6 Å². The van der Waals surface area contributed by atoms with Crippen LogP contribution in [-0.4, -0.2) is 72.8 Å². The van der Waals surface area contributed by atoms with Crippen LogP contribution in [0.5, 0.6) is 0 Å². The van der Waals surface area contributed by atoms with E-state index in [1.54, 1.807) is 6.92 Å². The van der Waals surface area contributed by atoms with Crippen LogP contribution in [0.3, 0.4) is 0 Å². The highest BCUT2D eigenvalue weighted by molar-refractivity contribution is 5.73. The van der Waals surface area contributed by atoms with Crippen LogP contribution in [0, 0.1) is 5.92 Å². The maximum Gasteiger partial charge on any atom is 0.217 e. The van der Waals surface area contributed by atoms with Crippen LogP contribution >= 0.6 is 0 Å². The summed E-state index contributed by atoms with van der Waals surface area (Å²) in [7, 11) is 0. The van der Waals surface area contributed by atoms with Gasteiger partial charge in [0.05, 0.1) is 18.9 Å². The van der Waals surface area contributed by atoms with Gasteiger partial charge in [-0.05, 0) is 57.5 Å². The predicted molar refractivity (Wildman–Crippen MR) is 132 cm³/mol. The summed E-state index contributed by atoms with van der Waals surface area (Å²) in [4.78, 5) is 26.3. The molecule has 184 valence electrons. The highest BCUT2D eigenvalue weighted by atomic mass is 16.5. The van der Waals surface area contributed by atoms with Crippen LogP contribution in [0.15, 0.2) is 6.07 Å². The van der Waals surface area contributed by atoms with Gasteiger partial charge in [0.25, 0.3) is 0 Å². The Kier molecular flexibility index (Phi) is 7.90. The van der Waals surface area contributed by atoms with Crippen molar-refractivity contribution in [1.29, 1.82) is 0 Å². The summed E-state index contributed by atoms with van der Waals surface area (Å²) in [5, 5.41) is 3.10. The Bertz CT molecular complexity index is 796. The summed E-state index contributed by atoms with van der Waals surface area (Å²) in [6.07, 6.45) is 7.21. The molecule has 0 radical (unpaired) electrons. The van der Waals surface area contributed by atoms with Crippen molar-refractivity contribution in [3.8, 4) is 0 Å². The standard InChI is InChI=1S/C26H43N5O2/c1-19(32)27-22-8-6-20(7-9-22)10-13-30-11-5-12-31(15-14-30)24-16-23(21-17-33-18-21)28-25(29-24)26(2,3)4/h16,20-22H,5-15,17-18H2,1-4H3,(H,27,32). The van der Waals surface area contributed by atoms with E-state index in [9.17, 15) is 4.79 Å². The van der Waals surface area contributed by atoms with Crippen LogP contribution in [0.4, 0.5) is 5.82 Å². The first-order valence-electron chi connectivity index (χ1n) is 13.0. The smallest absolute Gasteiger partial charge is 0.217 e. The number of anilines is 1. The summed E-state index contributed by atoms with van der Waals surface area (Å²) in [5.74, 6) is 3.36. The minimum Gasteiger partial charge on any atom is -0.380 e. The molecule has 0 aromatic carbocycles. The van der Waals surface area contributed by atoms with E-state index in [1.165, 1.54) is 32.2 Å². The molecule has 1 saturated carbocycles. The van der Waals surface area contributed by atoms with E-state index in [0.717, 1.165) is 75.5 Å². The van der Waals surface area contributed by atoms with Crippen molar-refractivity contribution in [2.45, 2.75) is 83.6 Å². The number of hydrogen-bond acceptors (Lipinski definition) is 6. The fourth-order valence-electron chi connectivity index (χ4n) is 5.24. The maximum absolute atomic E-state index is 11.3. The van der Waals surface area contributed by atoms with Gasteiger partial charge in [-0.15, -0.1) is 0 Å². The van der Waals surface area contributed by atoms with Gasteiger partial charge < -0.3 is 19.9 Å². The molecule has 0 atom stereocenters. The third kappa shape index (κ3) is 6.66. The molecule has 7 nitrogen and oxygen atoms in total. The van der Waals surface area contributed by atoms with Crippen molar-refractivity contribution in [1.82, 2.24) is 20.2 Å². The third-order valence-corrected chi connectivity index (χ3v) is 7.48. The summed E-state index contributed by atoms with van der Waals surface area (Å²) >= 11 is 0. The molecule has 1 N–H and O–H groups in total. The molecule has 33 heavy (non-hydrogen) atoms. The van der Waals surface area contributed by atoms with Gasteiger partial charge in [-0.25, -0.2) is 9.97 Å². The van der Waals surface area contributed by atoms with Gasteiger partial charge in [0, 0.05) is 50.0 Å². The molecule has 3 aliphatic rings. The van der Waals surface area contributed by atoms with Crippen LogP contribution in [0.25, 0.3) is 0 Å². The molecule has 3 fully saturated rings. The monoisotopic (exact) mass is 457 g/mol. The minimum atomic E-state index is -0.0633. The molecule has 0 bridgehead atoms. The zero-order chi connectivity index (χ0) is 23.4. The van der Waals surface area contributed by atoms with E-state index in [0.29, 0.717) is 12.0 Å². The number of amides is 1. The lowest BCUT2D eigenvalue weighted by molar-refractivity contribution is -0.119. The van der Waals surface area contributed by atoms with Crippen molar-refractivity contribution in [2.24, 2.45) is 5.92 Å². The maximum atomic E-state index is 11.3. The fraction of sp³-hybridized carbons (Fsp3) is 0.808. The lowest BCUT2D eigenvalue weighted by atomic mass is 9.84. The first-order chi connectivity index (χ1) is 15.8. The van der Waals surface area contributed by atoms with Crippen LogP contribution in [0.2, 0.25) is 0 Å². The van der Waals surface area contributed by atoms with E-state index < -0.39 is 0 Å². The average molecular weight is 458 g/mol. The quantitative estimate of drug-likeness (QED) is 0.705. The zero-order valence-electron chi connectivity index (χ0n) is 21.1. The Morgan fingerprint density at radius 2 is 1.85 bits per heavy atom. The van der Waals surface area contributed by atoms with E-state index in [2.05, 4.69) is 42.0 Å². The van der Waals surface area contributed by atoms with Gasteiger partial charge in [-0.1, -0.05) is 20.8 Å². The molecule has 0 spiro atoms. The summed E-state index contributed by atoms with van der Waals surface area (Å²) < 4.78 is 5.43. The lowest BCUT2D eigenvalue weighted by Crippen LogP contribution is -2.37. The molecular formula is C26H43N5O2. The van der Waals surface area contributed by atoms with Crippen LogP contribution in [-0.2, 0) is 14.9 Å². The van der Waals surface area contributed by atoms with Gasteiger partial charge >= 0.3 is 0 Å². The molecule has 1 amide bonds. The second kappa shape index (κ2) is 10.7. The number of carbonyl (C=O) groups excluding carboxylic acids is 1. The number of aromatic nitrogens is 2. The SMILES string of the molecule is CC(=O)NC1CCC(CCN2CCCN(c3cc(C4COC4)nc(C(C)(C)C)n3)CC2)CC1. The zero-order valence-corrected chi connectivity index (χ0v) is 21.1. The van der Waals surface area contributed by atoms with E-state index >= 15 is 0 Å². The molecular weight excluding hydrogens is 414 g/mol. The van der Waals surface area contributed by atoms with E-state index in [-0.39, 0.29) is 11.3 Å². The number of nitrogens with zero attached hydrogens (tertiary/aromatic N) is 4. The predicted octanol–water partition coefficient (Wildman–Crippen LogP) is 3.49. The van der Waals surface area contributed by atoms with Crippen molar-refractivity contribution in [3.63, 3.8) is 0 Å². The van der Waals surface area contributed by atoms with Crippen molar-refractivity contribution < 1.29 is 9.53 Å². The first-order valence-corrected chi connectivity index (χ1v) is 13.0. The van der Waals surface area contributed by atoms with Crippen molar-refractivity contribution >= 4 is 11.7 Å². The fourth-order valence-corrected chi connectivity index (χ4v) is 5.24. The molecule has 3 heterocycles. The topological polar surface area (TPSA) is 70.6 Å². The summed E-state index contributed by atoms with van der Waals surface area (Å²) in [6.45, 7) is 15.3. The molecule has 1 aliphatic carbocycles. The Balaban J connectivity index is 1.31. The van der Waals surface area contributed by atoms with E-state index in [1.807, 2.05) is 0 Å². The highest BCUT2D eigenvalue weighted by Gasteiger charge is 2.28. The van der Waals surface area contributed by atoms with Crippen LogP contribution < -0.4 is 10.2 Å². The van der Waals surface area contributed by atoms with Gasteiger partial charge in [-0.2, -0.15) is 0 Å². The first kappa shape index (κ1) is 24.4. The minimum absolute atomic E-state index is 0.0633. The second-order valence-electron chi connectivity index (χ2n) is 11.3. The molecule has 1 aromatic heterocycles. The van der Waals surface area contributed by atoms with Gasteiger partial charge in [0.2, 0.25) is 5.91 Å².